The number of amides is 14. The molecule has 14 atom stereocenters. The van der Waals surface area contributed by atoms with Crippen molar-refractivity contribution >= 4 is 94.6 Å². The molecule has 95 heavy (non-hydrogen) atoms. The highest BCUT2D eigenvalue weighted by Gasteiger charge is 2.41. The van der Waals surface area contributed by atoms with Gasteiger partial charge >= 0.3 is 11.9 Å². The molecule has 1 aliphatic heterocycles. The average molecular weight is 1350 g/mol. The third-order valence-corrected chi connectivity index (χ3v) is 15.8. The predicted molar refractivity (Wildman–Crippen MR) is 341 cm³/mol. The van der Waals surface area contributed by atoms with Crippen LogP contribution in [-0.4, -0.2) is 214 Å². The van der Waals surface area contributed by atoms with E-state index in [0.717, 1.165) is 0 Å². The number of carbonyl (C=O) groups is 16. The molecule has 0 aliphatic carbocycles. The molecule has 22 N–H and O–H groups in total. The van der Waals surface area contributed by atoms with Crippen molar-refractivity contribution in [2.24, 2.45) is 46.6 Å². The lowest BCUT2D eigenvalue weighted by Crippen LogP contribution is -2.61. The van der Waals surface area contributed by atoms with Crippen LogP contribution in [-0.2, 0) is 76.7 Å². The number of aliphatic hydroxyl groups excluding tert-OH is 1. The van der Waals surface area contributed by atoms with E-state index in [-0.39, 0.29) is 63.6 Å². The maximum absolute atomic E-state index is 14.4. The first-order valence-electron chi connectivity index (χ1n) is 32.1. The highest BCUT2D eigenvalue weighted by atomic mass is 16.4. The Hall–Kier alpha value is -8.60. The summed E-state index contributed by atoms with van der Waals surface area (Å²) < 4.78 is 0. The van der Waals surface area contributed by atoms with Crippen LogP contribution in [0.3, 0.4) is 0 Å². The molecule has 0 unspecified atom stereocenters. The molecule has 14 amide bonds. The number of rotatable bonds is 45. The maximum atomic E-state index is 14.4. The zero-order valence-corrected chi connectivity index (χ0v) is 56.1. The van der Waals surface area contributed by atoms with Gasteiger partial charge in [0, 0.05) is 19.4 Å². The van der Waals surface area contributed by atoms with E-state index >= 15 is 0 Å². The van der Waals surface area contributed by atoms with Crippen molar-refractivity contribution in [3.8, 4) is 0 Å². The molecule has 0 spiro atoms. The molecule has 538 valence electrons. The second kappa shape index (κ2) is 42.7. The van der Waals surface area contributed by atoms with Gasteiger partial charge in [-0.05, 0) is 102 Å². The summed E-state index contributed by atoms with van der Waals surface area (Å²) in [6.07, 6.45) is -1.32. The molecule has 35 nitrogen and oxygen atoms in total. The molecule has 0 aromatic carbocycles. The summed E-state index contributed by atoms with van der Waals surface area (Å²) in [5.74, 6) is -17.4. The number of primary amides is 2. The molecular weight excluding hydrogens is 1250 g/mol. The fraction of sp³-hybridized carbons (Fsp3) is 0.733. The standard InChI is InChI=1S/C60H104N16O19/c1-11-31(7)47(74-49(83)33(9)65-45(80)27-62)58(92)73-41(28-77)55(89)71-38(24-29(3)4)52(86)66-34(10)59(93)76-23-15-17-42(76)56(90)68-35(16-13-14-22-61)50(84)70-39(25-30(5)6)53(87)67-36(18-20-43(63)78)51(85)75-48(32(8)12-2)57(91)72-40(26-44(64)79)54(88)69-37(60(94)95)19-21-46(81)82/h29-42,47-48,77H,11-28,61-62H2,1-10H3,(H2,63,78)(H2,64,79)(H,65,80)(H,66,86)(H,67,87)(H,68,90)(H,69,88)(H,70,84)(H,71,89)(H,72,91)(H,73,92)(H,74,83)(H,75,85)(H,81,82)(H,94,95)/t31-,32-,33-,34-,35-,36-,37-,38-,39-,40-,41-,42-,47-,48-/m0/s1. The van der Waals surface area contributed by atoms with E-state index < -0.39 is 218 Å². The van der Waals surface area contributed by atoms with Gasteiger partial charge in [-0.15, -0.1) is 0 Å². The number of nitrogens with one attached hydrogen (secondary N) is 11. The van der Waals surface area contributed by atoms with Gasteiger partial charge < -0.3 is 102 Å². The van der Waals surface area contributed by atoms with Crippen LogP contribution in [0.1, 0.15) is 159 Å². The number of aliphatic carboxylic acids is 2. The van der Waals surface area contributed by atoms with E-state index in [1.54, 1.807) is 48.5 Å². The van der Waals surface area contributed by atoms with Crippen LogP contribution in [0.15, 0.2) is 0 Å². The Morgan fingerprint density at radius 2 is 0.916 bits per heavy atom. The van der Waals surface area contributed by atoms with E-state index in [9.17, 15) is 86.9 Å². The monoisotopic (exact) mass is 1350 g/mol. The van der Waals surface area contributed by atoms with Crippen molar-refractivity contribution in [3.05, 3.63) is 0 Å². The van der Waals surface area contributed by atoms with Gasteiger partial charge in [0.2, 0.25) is 82.7 Å². The number of likely N-dealkylation sites (tertiary alicyclic amines) is 1. The molecule has 35 heteroatoms. The topological polar surface area (TPSA) is 573 Å². The van der Waals surface area contributed by atoms with E-state index in [0.29, 0.717) is 25.7 Å². The lowest BCUT2D eigenvalue weighted by molar-refractivity contribution is -0.143. The second-order valence-corrected chi connectivity index (χ2v) is 24.8. The number of nitrogens with zero attached hydrogens (tertiary/aromatic N) is 1. The molecule has 1 rings (SSSR count). The Bertz CT molecular complexity index is 2680. The molecule has 0 aromatic heterocycles. The van der Waals surface area contributed by atoms with Gasteiger partial charge in [0.1, 0.15) is 72.5 Å². The summed E-state index contributed by atoms with van der Waals surface area (Å²) in [5, 5.41) is 56.2. The van der Waals surface area contributed by atoms with Crippen LogP contribution in [0.25, 0.3) is 0 Å². The first-order chi connectivity index (χ1) is 44.5. The molecular formula is C60H104N16O19. The molecule has 1 aliphatic rings. The Labute approximate surface area is 552 Å². The van der Waals surface area contributed by atoms with Gasteiger partial charge in [0.05, 0.1) is 19.6 Å². The van der Waals surface area contributed by atoms with Gasteiger partial charge in [-0.1, -0.05) is 68.2 Å². The van der Waals surface area contributed by atoms with Crippen molar-refractivity contribution in [1.82, 2.24) is 63.4 Å². The number of carboxylic acids is 2. The normalized spacial score (nSPS) is 16.9. The Kier molecular flexibility index (Phi) is 37.9. The first-order valence-corrected chi connectivity index (χ1v) is 32.1. The molecule has 0 bridgehead atoms. The van der Waals surface area contributed by atoms with Crippen molar-refractivity contribution in [1.29, 1.82) is 0 Å². The van der Waals surface area contributed by atoms with Crippen molar-refractivity contribution in [2.75, 3.05) is 26.2 Å². The summed E-state index contributed by atoms with van der Waals surface area (Å²) in [5.41, 5.74) is 21.9. The van der Waals surface area contributed by atoms with Crippen molar-refractivity contribution in [3.63, 3.8) is 0 Å². The summed E-state index contributed by atoms with van der Waals surface area (Å²) in [6, 6.07) is -17.2. The number of carbonyl (C=O) groups excluding carboxylic acids is 14. The number of hydrogen-bond donors (Lipinski definition) is 18. The number of aliphatic hydroxyl groups is 1. The van der Waals surface area contributed by atoms with Gasteiger partial charge in [-0.25, -0.2) is 4.79 Å². The fourth-order valence-corrected chi connectivity index (χ4v) is 9.96. The van der Waals surface area contributed by atoms with Crippen LogP contribution in [0, 0.1) is 23.7 Å². The molecule has 0 aromatic rings. The summed E-state index contributed by atoms with van der Waals surface area (Å²) >= 11 is 0. The minimum absolute atomic E-state index is 0.0119. The van der Waals surface area contributed by atoms with Crippen molar-refractivity contribution < 1.29 is 92.0 Å². The van der Waals surface area contributed by atoms with Gasteiger partial charge in [-0.3, -0.25) is 71.9 Å². The molecule has 1 saturated heterocycles. The largest absolute Gasteiger partial charge is 0.481 e. The molecule has 0 radical (unpaired) electrons. The maximum Gasteiger partial charge on any atom is 0.326 e. The summed E-state index contributed by atoms with van der Waals surface area (Å²) in [7, 11) is 0. The van der Waals surface area contributed by atoms with Gasteiger partial charge in [-0.2, -0.15) is 0 Å². The SMILES string of the molecule is CC[C@H](C)[C@H](NC(=O)[C@H](C)NC(=O)CN)C(=O)N[C@@H](CO)C(=O)N[C@@H](CC(C)C)C(=O)N[C@@H](C)C(=O)N1CCC[C@H]1C(=O)N[C@@H](CCCCN)C(=O)N[C@@H](CC(C)C)C(=O)N[C@@H](CCC(N)=O)C(=O)N[C@H](C(=O)N[C@@H](CC(N)=O)C(=O)N[C@@H](CCC(=O)O)C(=O)O)[C@@H](C)CC. The zero-order valence-electron chi connectivity index (χ0n) is 56.1. The number of nitrogens with two attached hydrogens (primary N) is 4. The number of carboxylic acid groups (broad SMARTS) is 2. The molecule has 0 saturated carbocycles. The quantitative estimate of drug-likeness (QED) is 0.0253. The summed E-state index contributed by atoms with van der Waals surface area (Å²) in [6.45, 7) is 15.2. The Balaban J connectivity index is 3.46. The van der Waals surface area contributed by atoms with Crippen LogP contribution in [0.2, 0.25) is 0 Å². The highest BCUT2D eigenvalue weighted by molar-refractivity contribution is 6.00. The van der Waals surface area contributed by atoms with Crippen LogP contribution < -0.4 is 81.4 Å². The third kappa shape index (κ3) is 30.1. The van der Waals surface area contributed by atoms with Crippen molar-refractivity contribution in [2.45, 2.75) is 232 Å². The van der Waals surface area contributed by atoms with E-state index in [1.165, 1.54) is 25.7 Å². The fourth-order valence-electron chi connectivity index (χ4n) is 9.96. The van der Waals surface area contributed by atoms with Gasteiger partial charge in [0.25, 0.3) is 0 Å². The highest BCUT2D eigenvalue weighted by Crippen LogP contribution is 2.21. The summed E-state index contributed by atoms with van der Waals surface area (Å²) in [4.78, 5) is 213. The number of hydrogen-bond acceptors (Lipinski definition) is 19. The number of unbranched alkanes of at least 4 members (excludes halogenated alkanes) is 1. The minimum Gasteiger partial charge on any atom is -0.481 e. The van der Waals surface area contributed by atoms with Crippen LogP contribution >= 0.6 is 0 Å². The smallest absolute Gasteiger partial charge is 0.326 e. The lowest BCUT2D eigenvalue weighted by Gasteiger charge is -2.31. The average Bonchev–Trinajstić information content (AvgIpc) is 1.80. The van der Waals surface area contributed by atoms with E-state index in [4.69, 9.17) is 28.0 Å². The Morgan fingerprint density at radius 3 is 1.39 bits per heavy atom. The first kappa shape index (κ1) is 84.4. The van der Waals surface area contributed by atoms with Gasteiger partial charge in [0.15, 0.2) is 0 Å². The predicted octanol–water partition coefficient (Wildman–Crippen LogP) is -5.30. The second-order valence-electron chi connectivity index (χ2n) is 24.8. The zero-order chi connectivity index (χ0) is 72.6. The van der Waals surface area contributed by atoms with E-state index in [2.05, 4.69) is 58.5 Å². The van der Waals surface area contributed by atoms with Crippen LogP contribution in [0.5, 0.6) is 0 Å². The lowest BCUT2D eigenvalue weighted by atomic mass is 9.96. The van der Waals surface area contributed by atoms with E-state index in [1.807, 2.05) is 0 Å². The molecule has 1 fully saturated rings. The molecule has 1 heterocycles. The third-order valence-electron chi connectivity index (χ3n) is 15.8. The minimum atomic E-state index is -1.82. The van der Waals surface area contributed by atoms with Crippen LogP contribution in [0.4, 0.5) is 0 Å². The Morgan fingerprint density at radius 1 is 0.474 bits per heavy atom.